The summed E-state index contributed by atoms with van der Waals surface area (Å²) in [5.74, 6) is -0.474. The monoisotopic (exact) mass is 336 g/mol. The van der Waals surface area contributed by atoms with Crippen molar-refractivity contribution in [2.75, 3.05) is 26.7 Å². The Morgan fingerprint density at radius 1 is 1.04 bits per heavy atom. The SMILES string of the molecule is CN1C(=O)c2cccc(C3CN(Cc4ccccc4)CCO3)c2C1=O. The van der Waals surface area contributed by atoms with Gasteiger partial charge < -0.3 is 4.74 Å². The fourth-order valence-electron chi connectivity index (χ4n) is 3.57. The van der Waals surface area contributed by atoms with Crippen molar-refractivity contribution < 1.29 is 14.3 Å². The van der Waals surface area contributed by atoms with Crippen molar-refractivity contribution in [2.45, 2.75) is 12.6 Å². The third-order valence-corrected chi connectivity index (χ3v) is 4.90. The smallest absolute Gasteiger partial charge is 0.261 e. The number of hydrogen-bond donors (Lipinski definition) is 0. The highest BCUT2D eigenvalue weighted by Gasteiger charge is 2.37. The lowest BCUT2D eigenvalue weighted by molar-refractivity contribution is -0.0332. The van der Waals surface area contributed by atoms with Crippen molar-refractivity contribution in [3.05, 3.63) is 70.8 Å². The Kier molecular flexibility index (Phi) is 4.11. The Balaban J connectivity index is 1.59. The van der Waals surface area contributed by atoms with E-state index in [2.05, 4.69) is 17.0 Å². The third kappa shape index (κ3) is 2.86. The van der Waals surface area contributed by atoms with Crippen LogP contribution in [0, 0.1) is 0 Å². The van der Waals surface area contributed by atoms with Crippen LogP contribution in [0.3, 0.4) is 0 Å². The first-order valence-electron chi connectivity index (χ1n) is 8.48. The van der Waals surface area contributed by atoms with Gasteiger partial charge in [-0.15, -0.1) is 0 Å². The first-order valence-corrected chi connectivity index (χ1v) is 8.48. The van der Waals surface area contributed by atoms with Gasteiger partial charge in [0.1, 0.15) is 0 Å². The topological polar surface area (TPSA) is 49.9 Å². The number of benzene rings is 2. The molecule has 128 valence electrons. The van der Waals surface area contributed by atoms with Crippen LogP contribution in [0.15, 0.2) is 48.5 Å². The van der Waals surface area contributed by atoms with Gasteiger partial charge in [0.05, 0.1) is 23.8 Å². The summed E-state index contributed by atoms with van der Waals surface area (Å²) in [6.45, 7) is 3.02. The average molecular weight is 336 g/mol. The zero-order valence-corrected chi connectivity index (χ0v) is 14.1. The molecule has 2 heterocycles. The van der Waals surface area contributed by atoms with E-state index in [1.807, 2.05) is 30.3 Å². The lowest BCUT2D eigenvalue weighted by Crippen LogP contribution is -2.38. The summed E-state index contributed by atoms with van der Waals surface area (Å²) in [5.41, 5.74) is 3.06. The quantitative estimate of drug-likeness (QED) is 0.808. The number of imide groups is 1. The second-order valence-electron chi connectivity index (χ2n) is 6.52. The number of rotatable bonds is 3. The maximum absolute atomic E-state index is 12.5. The van der Waals surface area contributed by atoms with Crippen LogP contribution in [0.25, 0.3) is 0 Å². The van der Waals surface area contributed by atoms with Crippen LogP contribution in [0.2, 0.25) is 0 Å². The molecule has 1 atom stereocenters. The van der Waals surface area contributed by atoms with Crippen LogP contribution < -0.4 is 0 Å². The molecule has 0 N–H and O–H groups in total. The van der Waals surface area contributed by atoms with Gasteiger partial charge in [-0.25, -0.2) is 0 Å². The average Bonchev–Trinajstić information content (AvgIpc) is 2.87. The van der Waals surface area contributed by atoms with E-state index in [-0.39, 0.29) is 17.9 Å². The van der Waals surface area contributed by atoms with Gasteiger partial charge in [0.15, 0.2) is 0 Å². The molecule has 0 aliphatic carbocycles. The summed E-state index contributed by atoms with van der Waals surface area (Å²) in [6, 6.07) is 15.8. The van der Waals surface area contributed by atoms with E-state index in [0.717, 1.165) is 18.7 Å². The largest absolute Gasteiger partial charge is 0.371 e. The molecule has 2 aromatic rings. The maximum atomic E-state index is 12.5. The Hall–Kier alpha value is -2.50. The highest BCUT2D eigenvalue weighted by atomic mass is 16.5. The first-order chi connectivity index (χ1) is 12.1. The maximum Gasteiger partial charge on any atom is 0.261 e. The van der Waals surface area contributed by atoms with Gasteiger partial charge in [0.25, 0.3) is 11.8 Å². The van der Waals surface area contributed by atoms with Crippen molar-refractivity contribution in [3.8, 4) is 0 Å². The van der Waals surface area contributed by atoms with Crippen molar-refractivity contribution in [3.63, 3.8) is 0 Å². The summed E-state index contributed by atoms with van der Waals surface area (Å²) >= 11 is 0. The van der Waals surface area contributed by atoms with Crippen LogP contribution >= 0.6 is 0 Å². The molecule has 25 heavy (non-hydrogen) atoms. The van der Waals surface area contributed by atoms with Crippen molar-refractivity contribution in [1.82, 2.24) is 9.80 Å². The summed E-state index contributed by atoms with van der Waals surface area (Å²) in [5, 5.41) is 0. The Morgan fingerprint density at radius 3 is 2.64 bits per heavy atom. The molecule has 0 saturated carbocycles. The Labute approximate surface area is 146 Å². The highest BCUT2D eigenvalue weighted by Crippen LogP contribution is 2.32. The standard InChI is InChI=1S/C20H20N2O3/c1-21-19(23)16-9-5-8-15(18(16)20(21)24)17-13-22(10-11-25-17)12-14-6-3-2-4-7-14/h2-9,17H,10-13H2,1H3. The van der Waals surface area contributed by atoms with Gasteiger partial charge in [-0.1, -0.05) is 42.5 Å². The second-order valence-corrected chi connectivity index (χ2v) is 6.52. The summed E-state index contributed by atoms with van der Waals surface area (Å²) in [4.78, 5) is 28.2. The van der Waals surface area contributed by atoms with E-state index in [9.17, 15) is 9.59 Å². The molecule has 2 aliphatic heterocycles. The molecule has 1 fully saturated rings. The molecular weight excluding hydrogens is 316 g/mol. The lowest BCUT2D eigenvalue weighted by Gasteiger charge is -2.33. The first kappa shape index (κ1) is 16.0. The number of amides is 2. The van der Waals surface area contributed by atoms with Crippen LogP contribution in [-0.4, -0.2) is 48.4 Å². The molecule has 0 aromatic heterocycles. The number of morpholine rings is 1. The summed E-state index contributed by atoms with van der Waals surface area (Å²) < 4.78 is 5.95. The van der Waals surface area contributed by atoms with Crippen LogP contribution in [-0.2, 0) is 11.3 Å². The molecule has 0 radical (unpaired) electrons. The van der Waals surface area contributed by atoms with Crippen LogP contribution in [0.4, 0.5) is 0 Å². The fourth-order valence-corrected chi connectivity index (χ4v) is 3.57. The molecule has 1 unspecified atom stereocenters. The van der Waals surface area contributed by atoms with E-state index in [0.29, 0.717) is 24.3 Å². The minimum absolute atomic E-state index is 0.198. The number of carbonyl (C=O) groups is 2. The molecule has 1 saturated heterocycles. The third-order valence-electron chi connectivity index (χ3n) is 4.90. The number of hydrogen-bond acceptors (Lipinski definition) is 4. The van der Waals surface area contributed by atoms with Gasteiger partial charge in [0, 0.05) is 26.7 Å². The molecule has 0 bridgehead atoms. The molecular formula is C20H20N2O3. The predicted molar refractivity (Wildman–Crippen MR) is 93.3 cm³/mol. The van der Waals surface area contributed by atoms with Crippen molar-refractivity contribution >= 4 is 11.8 Å². The molecule has 5 heteroatoms. The number of ether oxygens (including phenoxy) is 1. The molecule has 4 rings (SSSR count). The summed E-state index contributed by atoms with van der Waals surface area (Å²) in [6.07, 6.45) is -0.198. The highest BCUT2D eigenvalue weighted by molar-refractivity contribution is 6.21. The van der Waals surface area contributed by atoms with E-state index in [1.165, 1.54) is 17.5 Å². The van der Waals surface area contributed by atoms with E-state index in [4.69, 9.17) is 4.74 Å². The summed E-state index contributed by atoms with van der Waals surface area (Å²) in [7, 11) is 1.53. The van der Waals surface area contributed by atoms with Gasteiger partial charge in [-0.05, 0) is 17.2 Å². The number of nitrogens with zero attached hydrogens (tertiary/aromatic N) is 2. The van der Waals surface area contributed by atoms with E-state index >= 15 is 0 Å². The normalized spacial score (nSPS) is 20.8. The lowest BCUT2D eigenvalue weighted by atomic mass is 9.97. The molecule has 0 spiro atoms. The zero-order chi connectivity index (χ0) is 17.4. The number of fused-ring (bicyclic) bond motifs is 1. The van der Waals surface area contributed by atoms with Gasteiger partial charge in [-0.2, -0.15) is 0 Å². The van der Waals surface area contributed by atoms with Crippen LogP contribution in [0.1, 0.15) is 37.9 Å². The van der Waals surface area contributed by atoms with Gasteiger partial charge >= 0.3 is 0 Å². The van der Waals surface area contributed by atoms with E-state index in [1.54, 1.807) is 6.07 Å². The van der Waals surface area contributed by atoms with Gasteiger partial charge in [0.2, 0.25) is 0 Å². The predicted octanol–water partition coefficient (Wildman–Crippen LogP) is 2.49. The minimum Gasteiger partial charge on any atom is -0.371 e. The molecule has 5 nitrogen and oxygen atoms in total. The fraction of sp³-hybridized carbons (Fsp3) is 0.300. The van der Waals surface area contributed by atoms with E-state index < -0.39 is 0 Å². The second kappa shape index (κ2) is 6.43. The zero-order valence-electron chi connectivity index (χ0n) is 14.1. The Morgan fingerprint density at radius 2 is 1.84 bits per heavy atom. The molecule has 2 aliphatic rings. The van der Waals surface area contributed by atoms with Crippen molar-refractivity contribution in [1.29, 1.82) is 0 Å². The molecule has 2 aromatic carbocycles. The molecule has 2 amide bonds. The van der Waals surface area contributed by atoms with Crippen LogP contribution in [0.5, 0.6) is 0 Å². The van der Waals surface area contributed by atoms with Crippen molar-refractivity contribution in [2.24, 2.45) is 0 Å². The number of carbonyl (C=O) groups excluding carboxylic acids is 2. The Bertz CT molecular complexity index is 819. The van der Waals surface area contributed by atoms with Gasteiger partial charge in [-0.3, -0.25) is 19.4 Å². The minimum atomic E-state index is -0.237.